The number of nitrogen functional groups attached to an aromatic ring is 1. The fourth-order valence-corrected chi connectivity index (χ4v) is 1.49. The van der Waals surface area contributed by atoms with Crippen LogP contribution in [0.1, 0.15) is 5.56 Å². The molecule has 0 atom stereocenters. The highest BCUT2D eigenvalue weighted by molar-refractivity contribution is 5.68. The minimum atomic E-state index is -0.748. The Morgan fingerprint density at radius 3 is 2.62 bits per heavy atom. The number of anilines is 1. The van der Waals surface area contributed by atoms with Gasteiger partial charge in [0.15, 0.2) is 5.82 Å². The third-order valence-electron chi connectivity index (χ3n) is 2.31. The van der Waals surface area contributed by atoms with Crippen LogP contribution in [0.2, 0.25) is 0 Å². The van der Waals surface area contributed by atoms with Crippen molar-refractivity contribution in [2.24, 2.45) is 0 Å². The molecular formula is C12H10F2N2. The van der Waals surface area contributed by atoms with Crippen molar-refractivity contribution in [3.63, 3.8) is 0 Å². The van der Waals surface area contributed by atoms with Crippen LogP contribution < -0.4 is 5.73 Å². The van der Waals surface area contributed by atoms with Crippen molar-refractivity contribution in [1.29, 1.82) is 0 Å². The molecule has 4 heteroatoms. The molecule has 0 radical (unpaired) electrons. The first kappa shape index (κ1) is 10.5. The van der Waals surface area contributed by atoms with Crippen molar-refractivity contribution in [2.75, 3.05) is 5.73 Å². The molecule has 0 unspecified atom stereocenters. The standard InChI is InChI=1S/C12H10F2N2/c1-7-4-8(6-16-5-7)9-2-3-10(13)12(15)11(9)14/h2-6H,15H2,1H3. The van der Waals surface area contributed by atoms with Crippen LogP contribution in [0.3, 0.4) is 0 Å². The molecule has 0 bridgehead atoms. The number of nitrogens with two attached hydrogens (primary N) is 1. The van der Waals surface area contributed by atoms with Crippen LogP contribution in [0.4, 0.5) is 14.5 Å². The molecule has 2 aromatic rings. The Bertz CT molecular complexity index is 539. The zero-order chi connectivity index (χ0) is 11.7. The molecule has 0 amide bonds. The predicted molar refractivity (Wildman–Crippen MR) is 58.7 cm³/mol. The first-order valence-corrected chi connectivity index (χ1v) is 4.75. The summed E-state index contributed by atoms with van der Waals surface area (Å²) in [7, 11) is 0. The van der Waals surface area contributed by atoms with Gasteiger partial charge in [0.05, 0.1) is 0 Å². The van der Waals surface area contributed by atoms with Crippen LogP contribution in [0.25, 0.3) is 11.1 Å². The Balaban J connectivity index is 2.61. The van der Waals surface area contributed by atoms with Crippen molar-refractivity contribution in [3.8, 4) is 11.1 Å². The minimum Gasteiger partial charge on any atom is -0.394 e. The van der Waals surface area contributed by atoms with Crippen LogP contribution in [-0.2, 0) is 0 Å². The number of rotatable bonds is 1. The summed E-state index contributed by atoms with van der Waals surface area (Å²) in [6.07, 6.45) is 3.18. The van der Waals surface area contributed by atoms with Gasteiger partial charge in [-0.05, 0) is 30.7 Å². The normalized spacial score (nSPS) is 10.4. The molecule has 16 heavy (non-hydrogen) atoms. The van der Waals surface area contributed by atoms with Crippen LogP contribution >= 0.6 is 0 Å². The van der Waals surface area contributed by atoms with Gasteiger partial charge >= 0.3 is 0 Å². The number of aromatic nitrogens is 1. The predicted octanol–water partition coefficient (Wildman–Crippen LogP) is 2.92. The second-order valence-corrected chi connectivity index (χ2v) is 3.57. The molecule has 0 spiro atoms. The quantitative estimate of drug-likeness (QED) is 0.750. The van der Waals surface area contributed by atoms with Gasteiger partial charge in [-0.1, -0.05) is 0 Å². The fraction of sp³-hybridized carbons (Fsp3) is 0.0833. The van der Waals surface area contributed by atoms with E-state index >= 15 is 0 Å². The summed E-state index contributed by atoms with van der Waals surface area (Å²) in [5.41, 5.74) is 6.58. The van der Waals surface area contributed by atoms with Gasteiger partial charge in [0.2, 0.25) is 0 Å². The van der Waals surface area contributed by atoms with Gasteiger partial charge in [-0.25, -0.2) is 8.78 Å². The Labute approximate surface area is 91.7 Å². The Kier molecular flexibility index (Phi) is 2.56. The van der Waals surface area contributed by atoms with E-state index < -0.39 is 17.3 Å². The number of nitrogens with zero attached hydrogens (tertiary/aromatic N) is 1. The van der Waals surface area contributed by atoms with Crippen molar-refractivity contribution in [3.05, 3.63) is 47.8 Å². The first-order valence-electron chi connectivity index (χ1n) is 4.75. The lowest BCUT2D eigenvalue weighted by Crippen LogP contribution is -1.97. The highest BCUT2D eigenvalue weighted by Gasteiger charge is 2.12. The van der Waals surface area contributed by atoms with E-state index in [1.165, 1.54) is 12.3 Å². The largest absolute Gasteiger partial charge is 0.394 e. The van der Waals surface area contributed by atoms with Gasteiger partial charge in [0.25, 0.3) is 0 Å². The summed E-state index contributed by atoms with van der Waals surface area (Å²) in [5, 5.41) is 0. The Hall–Kier alpha value is -1.97. The summed E-state index contributed by atoms with van der Waals surface area (Å²) in [5.74, 6) is -1.49. The topological polar surface area (TPSA) is 38.9 Å². The van der Waals surface area contributed by atoms with Crippen molar-refractivity contribution < 1.29 is 8.78 Å². The molecule has 1 aromatic heterocycles. The number of hydrogen-bond acceptors (Lipinski definition) is 2. The van der Waals surface area contributed by atoms with Gasteiger partial charge in [0, 0.05) is 23.5 Å². The SMILES string of the molecule is Cc1cncc(-c2ccc(F)c(N)c2F)c1. The van der Waals surface area contributed by atoms with Gasteiger partial charge < -0.3 is 5.73 Å². The van der Waals surface area contributed by atoms with Crippen LogP contribution in [0.5, 0.6) is 0 Å². The summed E-state index contributed by atoms with van der Waals surface area (Å²) < 4.78 is 26.7. The van der Waals surface area contributed by atoms with E-state index in [-0.39, 0.29) is 5.56 Å². The maximum Gasteiger partial charge on any atom is 0.156 e. The second kappa shape index (κ2) is 3.89. The molecule has 1 aromatic carbocycles. The zero-order valence-electron chi connectivity index (χ0n) is 8.67. The minimum absolute atomic E-state index is 0.259. The fourth-order valence-electron chi connectivity index (χ4n) is 1.49. The van der Waals surface area contributed by atoms with Gasteiger partial charge in [0.1, 0.15) is 11.5 Å². The highest BCUT2D eigenvalue weighted by Crippen LogP contribution is 2.27. The number of benzene rings is 1. The van der Waals surface area contributed by atoms with Crippen molar-refractivity contribution in [2.45, 2.75) is 6.92 Å². The summed E-state index contributed by atoms with van der Waals surface area (Å²) in [4.78, 5) is 3.95. The molecule has 0 fully saturated rings. The van der Waals surface area contributed by atoms with Crippen molar-refractivity contribution in [1.82, 2.24) is 4.98 Å². The zero-order valence-corrected chi connectivity index (χ0v) is 8.67. The lowest BCUT2D eigenvalue weighted by Gasteiger charge is -2.06. The van der Waals surface area contributed by atoms with Crippen LogP contribution in [0, 0.1) is 18.6 Å². The van der Waals surface area contributed by atoms with Gasteiger partial charge in [-0.3, -0.25) is 4.98 Å². The average Bonchev–Trinajstić information content (AvgIpc) is 2.26. The lowest BCUT2D eigenvalue weighted by molar-refractivity contribution is 0.594. The summed E-state index contributed by atoms with van der Waals surface area (Å²) in [6.45, 7) is 1.85. The first-order chi connectivity index (χ1) is 7.59. The number of halogens is 2. The molecule has 0 aliphatic heterocycles. The van der Waals surface area contributed by atoms with E-state index in [1.807, 2.05) is 6.92 Å². The van der Waals surface area contributed by atoms with Gasteiger partial charge in [-0.15, -0.1) is 0 Å². The van der Waals surface area contributed by atoms with Crippen molar-refractivity contribution >= 4 is 5.69 Å². The summed E-state index contributed by atoms with van der Waals surface area (Å²) in [6, 6.07) is 4.27. The maximum atomic E-state index is 13.7. The lowest BCUT2D eigenvalue weighted by atomic mass is 10.0. The molecule has 1 heterocycles. The van der Waals surface area contributed by atoms with E-state index in [1.54, 1.807) is 12.3 Å². The Morgan fingerprint density at radius 2 is 1.94 bits per heavy atom. The molecule has 0 aliphatic carbocycles. The smallest absolute Gasteiger partial charge is 0.156 e. The molecular weight excluding hydrogens is 210 g/mol. The van der Waals surface area contributed by atoms with E-state index in [9.17, 15) is 8.78 Å². The molecule has 0 saturated carbocycles. The summed E-state index contributed by atoms with van der Waals surface area (Å²) >= 11 is 0. The van der Waals surface area contributed by atoms with Crippen LogP contribution in [0.15, 0.2) is 30.6 Å². The second-order valence-electron chi connectivity index (χ2n) is 3.57. The van der Waals surface area contributed by atoms with E-state index in [4.69, 9.17) is 5.73 Å². The number of pyridine rings is 1. The maximum absolute atomic E-state index is 13.7. The third kappa shape index (κ3) is 1.74. The van der Waals surface area contributed by atoms with E-state index in [0.717, 1.165) is 11.6 Å². The molecule has 82 valence electrons. The third-order valence-corrected chi connectivity index (χ3v) is 2.31. The van der Waals surface area contributed by atoms with E-state index in [0.29, 0.717) is 5.56 Å². The molecule has 2 nitrogen and oxygen atoms in total. The number of hydrogen-bond donors (Lipinski definition) is 1. The molecule has 2 rings (SSSR count). The monoisotopic (exact) mass is 220 g/mol. The van der Waals surface area contributed by atoms with E-state index in [2.05, 4.69) is 4.98 Å². The van der Waals surface area contributed by atoms with Crippen LogP contribution in [-0.4, -0.2) is 4.98 Å². The molecule has 0 aliphatic rings. The Morgan fingerprint density at radius 1 is 1.19 bits per heavy atom. The van der Waals surface area contributed by atoms with Gasteiger partial charge in [-0.2, -0.15) is 0 Å². The number of aryl methyl sites for hydroxylation is 1. The average molecular weight is 220 g/mol. The highest BCUT2D eigenvalue weighted by atomic mass is 19.1. The molecule has 0 saturated heterocycles. The molecule has 2 N–H and O–H groups in total.